The molecule has 0 radical (unpaired) electrons. The molecule has 1 N–H and O–H groups in total. The van der Waals surface area contributed by atoms with Crippen molar-refractivity contribution in [2.24, 2.45) is 11.3 Å². The van der Waals surface area contributed by atoms with E-state index in [-0.39, 0.29) is 29.3 Å². The molecule has 2 aromatic heterocycles. The van der Waals surface area contributed by atoms with E-state index >= 15 is 0 Å². The first-order valence-electron chi connectivity index (χ1n) is 12.1. The van der Waals surface area contributed by atoms with E-state index in [1.807, 2.05) is 11.4 Å². The predicted octanol–water partition coefficient (Wildman–Crippen LogP) is 5.88. The number of amides is 1. The molecule has 2 saturated carbocycles. The van der Waals surface area contributed by atoms with Gasteiger partial charge in [-0.2, -0.15) is 0 Å². The number of nitrogens with zero attached hydrogens (tertiary/aromatic N) is 1. The second-order valence-corrected chi connectivity index (χ2v) is 11.0. The Morgan fingerprint density at radius 3 is 2.43 bits per heavy atom. The number of benzene rings is 2. The van der Waals surface area contributed by atoms with Gasteiger partial charge in [-0.15, -0.1) is 11.3 Å². The van der Waals surface area contributed by atoms with Crippen LogP contribution >= 0.6 is 11.3 Å². The van der Waals surface area contributed by atoms with Gasteiger partial charge in [-0.05, 0) is 53.9 Å². The Morgan fingerprint density at radius 2 is 1.71 bits per heavy atom. The Bertz CT molecular complexity index is 1370. The first-order chi connectivity index (χ1) is 17.0. The first-order valence-corrected chi connectivity index (χ1v) is 13.0. The summed E-state index contributed by atoms with van der Waals surface area (Å²) in [5.74, 6) is -0.0586. The number of carbonyl (C=O) groups is 2. The normalized spacial score (nSPS) is 23.0. The fourth-order valence-corrected chi connectivity index (χ4v) is 6.88. The standard InChI is InChI=1S/C29H28N2O3S/c1-34-28(33)22-13-29(14-22)15-23(16-29)30-27(32)24-18-35-25-11-12-31(26(24)25)17-19-7-9-21(10-8-19)20-5-3-2-4-6-20/h2-12,18,22-23H,13-17H2,1H3,(H,30,32). The fraction of sp³-hybridized carbons (Fsp3) is 0.310. The summed E-state index contributed by atoms with van der Waals surface area (Å²) in [5, 5.41) is 5.21. The smallest absolute Gasteiger partial charge is 0.308 e. The van der Waals surface area contributed by atoms with Crippen molar-refractivity contribution in [2.75, 3.05) is 7.11 Å². The van der Waals surface area contributed by atoms with E-state index < -0.39 is 0 Å². The van der Waals surface area contributed by atoms with E-state index in [9.17, 15) is 9.59 Å². The molecule has 0 bridgehead atoms. The van der Waals surface area contributed by atoms with E-state index in [0.717, 1.165) is 48.0 Å². The van der Waals surface area contributed by atoms with Crippen LogP contribution in [-0.2, 0) is 16.1 Å². The number of hydrogen-bond acceptors (Lipinski definition) is 4. The van der Waals surface area contributed by atoms with Gasteiger partial charge in [0.25, 0.3) is 5.91 Å². The van der Waals surface area contributed by atoms with Crippen LogP contribution in [0.2, 0.25) is 0 Å². The summed E-state index contributed by atoms with van der Waals surface area (Å²) >= 11 is 1.61. The summed E-state index contributed by atoms with van der Waals surface area (Å²) in [6.07, 6.45) is 5.76. The summed E-state index contributed by atoms with van der Waals surface area (Å²) in [6.45, 7) is 0.719. The SMILES string of the molecule is COC(=O)C1CC2(CC(NC(=O)c3csc4ccn(Cc5ccc(-c6ccccc6)cc5)c34)C2)C1. The lowest BCUT2D eigenvalue weighted by molar-refractivity contribution is -0.159. The number of methoxy groups -OCH3 is 1. The van der Waals surface area contributed by atoms with Crippen molar-refractivity contribution in [3.63, 3.8) is 0 Å². The molecule has 0 aliphatic heterocycles. The lowest BCUT2D eigenvalue weighted by Crippen LogP contribution is -2.57. The van der Waals surface area contributed by atoms with Gasteiger partial charge in [0.2, 0.25) is 0 Å². The van der Waals surface area contributed by atoms with Crippen LogP contribution in [0.3, 0.4) is 0 Å². The summed E-state index contributed by atoms with van der Waals surface area (Å²) in [7, 11) is 1.45. The van der Waals surface area contributed by atoms with Crippen LogP contribution in [0.4, 0.5) is 0 Å². The molecule has 2 aliphatic rings. The van der Waals surface area contributed by atoms with Crippen LogP contribution in [0.15, 0.2) is 72.2 Å². The van der Waals surface area contributed by atoms with E-state index in [1.165, 1.54) is 23.8 Å². The van der Waals surface area contributed by atoms with Crippen molar-refractivity contribution in [3.05, 3.63) is 83.4 Å². The first kappa shape index (κ1) is 22.1. The van der Waals surface area contributed by atoms with Crippen molar-refractivity contribution >= 4 is 33.4 Å². The van der Waals surface area contributed by atoms with Crippen molar-refractivity contribution < 1.29 is 14.3 Å². The molecule has 2 heterocycles. The average Bonchev–Trinajstić information content (AvgIpc) is 3.43. The summed E-state index contributed by atoms with van der Waals surface area (Å²) in [6, 6.07) is 21.3. The Morgan fingerprint density at radius 1 is 1.00 bits per heavy atom. The van der Waals surface area contributed by atoms with E-state index in [0.29, 0.717) is 0 Å². The van der Waals surface area contributed by atoms with Crippen LogP contribution in [0.5, 0.6) is 0 Å². The number of carbonyl (C=O) groups excluding carboxylic acids is 2. The van der Waals surface area contributed by atoms with Gasteiger partial charge in [0.1, 0.15) is 0 Å². The van der Waals surface area contributed by atoms with Gasteiger partial charge in [0.05, 0.1) is 28.8 Å². The predicted molar refractivity (Wildman–Crippen MR) is 138 cm³/mol. The minimum absolute atomic E-state index is 0.000632. The molecule has 6 heteroatoms. The van der Waals surface area contributed by atoms with Crippen LogP contribution in [0.25, 0.3) is 21.3 Å². The number of hydrogen-bond donors (Lipinski definition) is 1. The van der Waals surface area contributed by atoms with Crippen molar-refractivity contribution in [3.8, 4) is 11.1 Å². The molecule has 35 heavy (non-hydrogen) atoms. The van der Waals surface area contributed by atoms with Gasteiger partial charge >= 0.3 is 5.97 Å². The lowest BCUT2D eigenvalue weighted by atomic mass is 9.50. The van der Waals surface area contributed by atoms with E-state index in [1.54, 1.807) is 11.3 Å². The van der Waals surface area contributed by atoms with Gasteiger partial charge in [-0.3, -0.25) is 9.59 Å². The Kier molecular flexibility index (Phi) is 5.49. The Balaban J connectivity index is 1.12. The molecule has 2 fully saturated rings. The van der Waals surface area contributed by atoms with Crippen molar-refractivity contribution in [2.45, 2.75) is 38.3 Å². The molecule has 6 rings (SSSR count). The van der Waals surface area contributed by atoms with Crippen LogP contribution in [0, 0.1) is 11.3 Å². The van der Waals surface area contributed by atoms with Gasteiger partial charge in [-0.25, -0.2) is 0 Å². The van der Waals surface area contributed by atoms with Crippen molar-refractivity contribution in [1.82, 2.24) is 9.88 Å². The Hall–Kier alpha value is -3.38. The van der Waals surface area contributed by atoms with Crippen LogP contribution in [-0.4, -0.2) is 29.6 Å². The molecule has 4 aromatic rings. The highest BCUT2D eigenvalue weighted by Crippen LogP contribution is 2.59. The number of nitrogens with one attached hydrogen (secondary N) is 1. The van der Waals surface area contributed by atoms with Crippen molar-refractivity contribution in [1.29, 1.82) is 0 Å². The quantitative estimate of drug-likeness (QED) is 0.348. The average molecular weight is 485 g/mol. The Labute approximate surface area is 208 Å². The topological polar surface area (TPSA) is 60.3 Å². The summed E-state index contributed by atoms with van der Waals surface area (Å²) in [4.78, 5) is 24.9. The number of esters is 1. The number of fused-ring (bicyclic) bond motifs is 1. The van der Waals surface area contributed by atoms with E-state index in [4.69, 9.17) is 4.74 Å². The third kappa shape index (κ3) is 4.06. The maximum Gasteiger partial charge on any atom is 0.308 e. The maximum atomic E-state index is 13.2. The number of aromatic nitrogens is 1. The van der Waals surface area contributed by atoms with Gasteiger partial charge in [0.15, 0.2) is 0 Å². The minimum atomic E-state index is -0.0979. The lowest BCUT2D eigenvalue weighted by Gasteiger charge is -2.56. The van der Waals surface area contributed by atoms with Crippen LogP contribution < -0.4 is 5.32 Å². The van der Waals surface area contributed by atoms with Crippen LogP contribution in [0.1, 0.15) is 41.6 Å². The minimum Gasteiger partial charge on any atom is -0.469 e. The molecule has 0 unspecified atom stereocenters. The zero-order valence-corrected chi connectivity index (χ0v) is 20.5. The zero-order valence-electron chi connectivity index (χ0n) is 19.7. The van der Waals surface area contributed by atoms with Gasteiger partial charge in [-0.1, -0.05) is 54.6 Å². The highest BCUT2D eigenvalue weighted by molar-refractivity contribution is 7.17. The monoisotopic (exact) mass is 484 g/mol. The number of ether oxygens (including phenoxy) is 1. The molecule has 1 spiro atoms. The molecule has 0 atom stereocenters. The second-order valence-electron chi connectivity index (χ2n) is 10.1. The zero-order chi connectivity index (χ0) is 24.0. The molecular formula is C29H28N2O3S. The maximum absolute atomic E-state index is 13.2. The van der Waals surface area contributed by atoms with Gasteiger partial charge in [0, 0.05) is 24.2 Å². The third-order valence-electron chi connectivity index (χ3n) is 7.73. The third-order valence-corrected chi connectivity index (χ3v) is 8.67. The largest absolute Gasteiger partial charge is 0.469 e. The van der Waals surface area contributed by atoms with E-state index in [2.05, 4.69) is 70.7 Å². The highest BCUT2D eigenvalue weighted by atomic mass is 32.1. The molecule has 1 amide bonds. The summed E-state index contributed by atoms with van der Waals surface area (Å²) < 4.78 is 8.16. The molecular weight excluding hydrogens is 456 g/mol. The highest BCUT2D eigenvalue weighted by Gasteiger charge is 2.55. The summed E-state index contributed by atoms with van der Waals surface area (Å²) in [5.41, 5.74) is 5.59. The number of rotatable bonds is 6. The molecule has 5 nitrogen and oxygen atoms in total. The molecule has 2 aromatic carbocycles. The molecule has 178 valence electrons. The number of thiophene rings is 1. The molecule has 0 saturated heterocycles. The fourth-order valence-electron chi connectivity index (χ4n) is 5.94. The molecule has 2 aliphatic carbocycles. The van der Waals surface area contributed by atoms with Gasteiger partial charge < -0.3 is 14.6 Å². The second kappa shape index (κ2) is 8.68.